The maximum absolute atomic E-state index is 12.3. The molecule has 19 heavy (non-hydrogen) atoms. The Labute approximate surface area is 111 Å². The maximum atomic E-state index is 12.3. The van der Waals surface area contributed by atoms with Gasteiger partial charge in [0.25, 0.3) is 5.91 Å². The van der Waals surface area contributed by atoms with Crippen molar-refractivity contribution >= 4 is 12.2 Å². The Bertz CT molecular complexity index is 631. The first kappa shape index (κ1) is 11.7. The van der Waals surface area contributed by atoms with Gasteiger partial charge in [0.1, 0.15) is 5.69 Å². The first-order chi connectivity index (χ1) is 9.28. The Morgan fingerprint density at radius 3 is 2.68 bits per heavy atom. The summed E-state index contributed by atoms with van der Waals surface area (Å²) in [6.07, 6.45) is 1.59. The molecule has 0 bridgehead atoms. The number of rotatable bonds is 2. The van der Waals surface area contributed by atoms with Gasteiger partial charge in [0, 0.05) is 13.1 Å². The van der Waals surface area contributed by atoms with Gasteiger partial charge in [-0.15, -0.1) is 0 Å². The Morgan fingerprint density at radius 2 is 1.95 bits per heavy atom. The lowest BCUT2D eigenvalue weighted by atomic mass is 10.00. The van der Waals surface area contributed by atoms with Gasteiger partial charge in [-0.05, 0) is 29.7 Å². The number of carbonyl (C=O) groups excluding carboxylic acids is 2. The molecule has 0 fully saturated rings. The summed E-state index contributed by atoms with van der Waals surface area (Å²) in [7, 11) is 0. The lowest BCUT2D eigenvalue weighted by Gasteiger charge is -2.28. The molecule has 1 N–H and O–H groups in total. The van der Waals surface area contributed by atoms with Crippen molar-refractivity contribution in [3.05, 3.63) is 58.9 Å². The van der Waals surface area contributed by atoms with E-state index >= 15 is 0 Å². The molecule has 96 valence electrons. The van der Waals surface area contributed by atoms with Gasteiger partial charge in [-0.1, -0.05) is 24.3 Å². The van der Waals surface area contributed by atoms with E-state index < -0.39 is 0 Å². The van der Waals surface area contributed by atoms with Crippen LogP contribution < -0.4 is 0 Å². The van der Waals surface area contributed by atoms with Crippen LogP contribution in [0.5, 0.6) is 0 Å². The number of hydrogen-bond donors (Lipinski definition) is 1. The van der Waals surface area contributed by atoms with E-state index in [0.29, 0.717) is 30.8 Å². The minimum Gasteiger partial charge on any atom is -0.348 e. The number of aldehydes is 1. The third-order valence-corrected chi connectivity index (χ3v) is 3.48. The quantitative estimate of drug-likeness (QED) is 0.834. The number of amides is 1. The summed E-state index contributed by atoms with van der Waals surface area (Å²) in [6, 6.07) is 11.5. The summed E-state index contributed by atoms with van der Waals surface area (Å²) in [4.78, 5) is 27.6. The summed E-state index contributed by atoms with van der Waals surface area (Å²) in [6.45, 7) is 1.34. The van der Waals surface area contributed by atoms with Crippen LogP contribution in [0, 0.1) is 0 Å². The highest BCUT2D eigenvalue weighted by Gasteiger charge is 2.22. The fourth-order valence-electron chi connectivity index (χ4n) is 2.44. The summed E-state index contributed by atoms with van der Waals surface area (Å²) >= 11 is 0. The monoisotopic (exact) mass is 254 g/mol. The minimum absolute atomic E-state index is 0.0531. The molecule has 0 spiro atoms. The molecule has 2 aromatic rings. The third kappa shape index (κ3) is 2.17. The van der Waals surface area contributed by atoms with Crippen molar-refractivity contribution in [3.8, 4) is 0 Å². The van der Waals surface area contributed by atoms with Crippen molar-refractivity contribution in [1.29, 1.82) is 0 Å². The van der Waals surface area contributed by atoms with Crippen LogP contribution in [-0.4, -0.2) is 28.6 Å². The summed E-state index contributed by atoms with van der Waals surface area (Å²) in [5.74, 6) is -0.0531. The number of carbonyl (C=O) groups is 2. The SMILES string of the molecule is O=Cc1ccc(C(=O)N2CCc3ccccc3C2)[nH]1. The van der Waals surface area contributed by atoms with Crippen LogP contribution in [0.2, 0.25) is 0 Å². The Morgan fingerprint density at radius 1 is 1.16 bits per heavy atom. The van der Waals surface area contributed by atoms with Gasteiger partial charge in [-0.3, -0.25) is 9.59 Å². The van der Waals surface area contributed by atoms with Gasteiger partial charge < -0.3 is 9.88 Å². The Kier molecular flexibility index (Phi) is 2.91. The number of benzene rings is 1. The maximum Gasteiger partial charge on any atom is 0.270 e. The van der Waals surface area contributed by atoms with E-state index in [9.17, 15) is 9.59 Å². The molecule has 1 aromatic carbocycles. The van der Waals surface area contributed by atoms with E-state index in [1.54, 1.807) is 12.1 Å². The van der Waals surface area contributed by atoms with Gasteiger partial charge in [0.15, 0.2) is 6.29 Å². The zero-order valence-electron chi connectivity index (χ0n) is 10.4. The number of nitrogens with one attached hydrogen (secondary N) is 1. The zero-order chi connectivity index (χ0) is 13.2. The molecule has 0 unspecified atom stereocenters. The molecular formula is C15H14N2O2. The van der Waals surface area contributed by atoms with Crippen molar-refractivity contribution in [2.24, 2.45) is 0 Å². The number of hydrogen-bond acceptors (Lipinski definition) is 2. The molecule has 1 amide bonds. The first-order valence-corrected chi connectivity index (χ1v) is 6.28. The number of fused-ring (bicyclic) bond motifs is 1. The molecular weight excluding hydrogens is 240 g/mol. The van der Waals surface area contributed by atoms with E-state index in [1.807, 2.05) is 17.0 Å². The van der Waals surface area contributed by atoms with Gasteiger partial charge in [-0.2, -0.15) is 0 Å². The standard InChI is InChI=1S/C15H14N2O2/c18-10-13-5-6-14(16-13)15(19)17-8-7-11-3-1-2-4-12(11)9-17/h1-6,10,16H,7-9H2. The van der Waals surface area contributed by atoms with Crippen LogP contribution in [0.15, 0.2) is 36.4 Å². The Hall–Kier alpha value is -2.36. The first-order valence-electron chi connectivity index (χ1n) is 6.28. The van der Waals surface area contributed by atoms with E-state index in [0.717, 1.165) is 6.42 Å². The lowest BCUT2D eigenvalue weighted by Crippen LogP contribution is -2.36. The van der Waals surface area contributed by atoms with Crippen LogP contribution >= 0.6 is 0 Å². The minimum atomic E-state index is -0.0531. The predicted octanol–water partition coefficient (Wildman–Crippen LogP) is 2.03. The Balaban J connectivity index is 1.81. The second kappa shape index (κ2) is 4.72. The number of H-pyrrole nitrogens is 1. The molecule has 1 aliphatic heterocycles. The third-order valence-electron chi connectivity index (χ3n) is 3.48. The second-order valence-corrected chi connectivity index (χ2v) is 4.69. The van der Waals surface area contributed by atoms with Crippen molar-refractivity contribution < 1.29 is 9.59 Å². The van der Waals surface area contributed by atoms with Crippen molar-refractivity contribution in [2.75, 3.05) is 6.54 Å². The normalized spacial score (nSPS) is 14.0. The highest BCUT2D eigenvalue weighted by atomic mass is 16.2. The molecule has 1 aliphatic rings. The number of aromatic amines is 1. The highest BCUT2D eigenvalue weighted by molar-refractivity contribution is 5.93. The molecule has 0 radical (unpaired) electrons. The molecule has 0 saturated carbocycles. The zero-order valence-corrected chi connectivity index (χ0v) is 10.4. The average molecular weight is 254 g/mol. The second-order valence-electron chi connectivity index (χ2n) is 4.69. The summed E-state index contributed by atoms with van der Waals surface area (Å²) < 4.78 is 0. The number of nitrogens with zero attached hydrogens (tertiary/aromatic N) is 1. The lowest BCUT2D eigenvalue weighted by molar-refractivity contribution is 0.0729. The molecule has 4 heteroatoms. The van der Waals surface area contributed by atoms with Crippen LogP contribution in [0.3, 0.4) is 0 Å². The topological polar surface area (TPSA) is 53.2 Å². The van der Waals surface area contributed by atoms with Crippen LogP contribution in [0.25, 0.3) is 0 Å². The summed E-state index contributed by atoms with van der Waals surface area (Å²) in [5.41, 5.74) is 3.41. The van der Waals surface area contributed by atoms with Crippen LogP contribution in [-0.2, 0) is 13.0 Å². The fraction of sp³-hybridized carbons (Fsp3) is 0.200. The van der Waals surface area contributed by atoms with Gasteiger partial charge in [0.2, 0.25) is 0 Å². The van der Waals surface area contributed by atoms with Crippen LogP contribution in [0.1, 0.15) is 32.1 Å². The van der Waals surface area contributed by atoms with Gasteiger partial charge in [-0.25, -0.2) is 0 Å². The molecule has 4 nitrogen and oxygen atoms in total. The van der Waals surface area contributed by atoms with Crippen molar-refractivity contribution in [2.45, 2.75) is 13.0 Å². The highest BCUT2D eigenvalue weighted by Crippen LogP contribution is 2.20. The molecule has 1 aromatic heterocycles. The van der Waals surface area contributed by atoms with Crippen LogP contribution in [0.4, 0.5) is 0 Å². The van der Waals surface area contributed by atoms with Crippen molar-refractivity contribution in [3.63, 3.8) is 0 Å². The smallest absolute Gasteiger partial charge is 0.270 e. The van der Waals surface area contributed by atoms with Gasteiger partial charge >= 0.3 is 0 Å². The predicted molar refractivity (Wildman–Crippen MR) is 71.1 cm³/mol. The molecule has 0 atom stereocenters. The summed E-state index contributed by atoms with van der Waals surface area (Å²) in [5, 5.41) is 0. The van der Waals surface area contributed by atoms with E-state index in [1.165, 1.54) is 11.1 Å². The molecule has 3 rings (SSSR count). The fourth-order valence-corrected chi connectivity index (χ4v) is 2.44. The average Bonchev–Trinajstić information content (AvgIpc) is 2.95. The van der Waals surface area contributed by atoms with Crippen molar-refractivity contribution in [1.82, 2.24) is 9.88 Å². The van der Waals surface area contributed by atoms with Gasteiger partial charge in [0.05, 0.1) is 5.69 Å². The molecule has 0 aliphatic carbocycles. The van der Waals surface area contributed by atoms with E-state index in [4.69, 9.17) is 0 Å². The largest absolute Gasteiger partial charge is 0.348 e. The molecule has 2 heterocycles. The number of aromatic nitrogens is 1. The van der Waals surface area contributed by atoms with E-state index in [2.05, 4.69) is 17.1 Å². The molecule has 0 saturated heterocycles. The van der Waals surface area contributed by atoms with E-state index in [-0.39, 0.29) is 5.91 Å².